The Kier molecular flexibility index (Phi) is 9.68. The minimum Gasteiger partial charge on any atom is -0.460 e. The van der Waals surface area contributed by atoms with Gasteiger partial charge in [-0.1, -0.05) is 6.58 Å². The van der Waals surface area contributed by atoms with Gasteiger partial charge in [-0.3, -0.25) is 0 Å². The second kappa shape index (κ2) is 10.2. The van der Waals surface area contributed by atoms with Crippen LogP contribution in [0.5, 0.6) is 0 Å². The third kappa shape index (κ3) is 6.42. The normalized spacial score (nSPS) is 15.4. The van der Waals surface area contributed by atoms with E-state index < -0.39 is 74.3 Å². The molecule has 4 nitrogen and oxygen atoms in total. The van der Waals surface area contributed by atoms with Crippen molar-refractivity contribution in [2.75, 3.05) is 19.8 Å². The molecule has 0 amide bonds. The molecule has 0 aromatic heterocycles. The number of esters is 1. The summed E-state index contributed by atoms with van der Waals surface area (Å²) >= 11 is 0. The van der Waals surface area contributed by atoms with Crippen LogP contribution in [0, 0.1) is 0 Å². The van der Waals surface area contributed by atoms with E-state index in [4.69, 9.17) is 4.74 Å². The molecule has 33 heavy (non-hydrogen) atoms. The van der Waals surface area contributed by atoms with Gasteiger partial charge in [-0.25, -0.2) is 4.79 Å². The minimum atomic E-state index is -7.94. The number of hydrogen-bond acceptors (Lipinski definition) is 4. The van der Waals surface area contributed by atoms with E-state index in [2.05, 4.69) is 16.1 Å². The van der Waals surface area contributed by atoms with Gasteiger partial charge in [-0.2, -0.15) is 57.1 Å². The second-order valence-corrected chi connectivity index (χ2v) is 6.48. The zero-order valence-electron chi connectivity index (χ0n) is 16.7. The number of alkyl halides is 13. The zero-order chi connectivity index (χ0) is 26.7. The Morgan fingerprint density at radius 3 is 1.58 bits per heavy atom. The smallest absolute Gasteiger partial charge is 0.460 e. The Morgan fingerprint density at radius 2 is 1.15 bits per heavy atom. The monoisotopic (exact) mass is 520 g/mol. The maximum atomic E-state index is 13.6. The first-order valence-corrected chi connectivity index (χ1v) is 8.49. The van der Waals surface area contributed by atoms with Gasteiger partial charge in [0.15, 0.2) is 6.29 Å². The Morgan fingerprint density at radius 1 is 0.727 bits per heavy atom. The molecule has 0 heterocycles. The van der Waals surface area contributed by atoms with E-state index in [1.165, 1.54) is 6.92 Å². The number of rotatable bonds is 13. The van der Waals surface area contributed by atoms with E-state index in [-0.39, 0.29) is 5.57 Å². The summed E-state index contributed by atoms with van der Waals surface area (Å²) in [4.78, 5) is 11.0. The van der Waals surface area contributed by atoms with Crippen LogP contribution in [0.2, 0.25) is 0 Å². The molecule has 1 unspecified atom stereocenters. The lowest BCUT2D eigenvalue weighted by Gasteiger charge is -2.39. The molecule has 0 fully saturated rings. The molecule has 0 aromatic rings. The van der Waals surface area contributed by atoms with Crippen LogP contribution >= 0.6 is 0 Å². The summed E-state index contributed by atoms with van der Waals surface area (Å²) in [6, 6.07) is 0. The van der Waals surface area contributed by atoms with E-state index >= 15 is 0 Å². The topological polar surface area (TPSA) is 44.8 Å². The quantitative estimate of drug-likeness (QED) is 0.104. The summed E-state index contributed by atoms with van der Waals surface area (Å²) < 4.78 is 182. The van der Waals surface area contributed by atoms with Gasteiger partial charge in [0.25, 0.3) is 0 Å². The number of carbonyl (C=O) groups is 1. The van der Waals surface area contributed by atoms with Gasteiger partial charge in [-0.05, 0) is 13.8 Å². The average molecular weight is 520 g/mol. The maximum absolute atomic E-state index is 13.6. The van der Waals surface area contributed by atoms with Crippen molar-refractivity contribution in [1.29, 1.82) is 0 Å². The first-order chi connectivity index (χ1) is 14.5. The van der Waals surface area contributed by atoms with E-state index in [0.29, 0.717) is 0 Å². The fourth-order valence-corrected chi connectivity index (χ4v) is 1.83. The molecule has 0 aromatic carbocycles. The molecule has 196 valence electrons. The zero-order valence-corrected chi connectivity index (χ0v) is 16.7. The molecule has 0 rings (SSSR count). The number of ether oxygens (including phenoxy) is 3. The average Bonchev–Trinajstić information content (AvgIpc) is 2.63. The fourth-order valence-electron chi connectivity index (χ4n) is 1.83. The molecule has 0 aliphatic carbocycles. The Bertz CT molecular complexity index is 688. The number of halogens is 13. The van der Waals surface area contributed by atoms with E-state index in [9.17, 15) is 61.9 Å². The van der Waals surface area contributed by atoms with Gasteiger partial charge in [0.1, 0.15) is 6.61 Å². The Labute approximate surface area is 177 Å². The third-order valence-corrected chi connectivity index (χ3v) is 3.78. The standard InChI is InChI=1S/C16H17F13O4/c1-8(2)10(30)33-7-6-32-9(3)31-5-4-11(17,18)12(19,20)13(21,22)14(23,24)15(25,26)16(27,28)29/h9H,1,4-7H2,2-3H3. The highest BCUT2D eigenvalue weighted by atomic mass is 19.4. The SMILES string of the molecule is C=C(C)C(=O)OCCOC(C)OCCC(F)(F)C(F)(F)C(F)(F)C(F)(F)C(F)(F)C(F)(F)F. The van der Waals surface area contributed by atoms with Crippen molar-refractivity contribution >= 4 is 5.97 Å². The van der Waals surface area contributed by atoms with Gasteiger partial charge in [-0.15, -0.1) is 0 Å². The lowest BCUT2D eigenvalue weighted by Crippen LogP contribution is -2.70. The fraction of sp³-hybridized carbons (Fsp3) is 0.812. The van der Waals surface area contributed by atoms with E-state index in [0.717, 1.165) is 6.92 Å². The number of carbonyl (C=O) groups excluding carboxylic acids is 1. The lowest BCUT2D eigenvalue weighted by molar-refractivity contribution is -0.440. The van der Waals surface area contributed by atoms with Crippen LogP contribution in [0.25, 0.3) is 0 Å². The van der Waals surface area contributed by atoms with Gasteiger partial charge in [0.05, 0.1) is 13.2 Å². The van der Waals surface area contributed by atoms with Crippen LogP contribution in [0.4, 0.5) is 57.1 Å². The molecule has 0 bridgehead atoms. The molecule has 0 aliphatic heterocycles. The first kappa shape index (κ1) is 31.2. The van der Waals surface area contributed by atoms with Crippen molar-refractivity contribution < 1.29 is 76.1 Å². The van der Waals surface area contributed by atoms with Crippen molar-refractivity contribution in [2.45, 2.75) is 62.3 Å². The molecule has 0 saturated heterocycles. The van der Waals surface area contributed by atoms with Crippen molar-refractivity contribution in [3.8, 4) is 0 Å². The Hall–Kier alpha value is -1.78. The van der Waals surface area contributed by atoms with Crippen LogP contribution in [0.1, 0.15) is 20.3 Å². The molecule has 0 aliphatic rings. The molecular weight excluding hydrogens is 503 g/mol. The van der Waals surface area contributed by atoms with Gasteiger partial charge in [0, 0.05) is 12.0 Å². The summed E-state index contributed by atoms with van der Waals surface area (Å²) in [5.74, 6) is -38.0. The van der Waals surface area contributed by atoms with Crippen LogP contribution in [0.3, 0.4) is 0 Å². The van der Waals surface area contributed by atoms with Crippen molar-refractivity contribution in [3.05, 3.63) is 12.2 Å². The predicted octanol–water partition coefficient (Wildman–Crippen LogP) is 5.61. The summed E-state index contributed by atoms with van der Waals surface area (Å²) in [7, 11) is 0. The molecular formula is C16H17F13O4. The lowest BCUT2D eigenvalue weighted by atomic mass is 9.93. The van der Waals surface area contributed by atoms with E-state index in [1.54, 1.807) is 0 Å². The third-order valence-electron chi connectivity index (χ3n) is 3.78. The highest BCUT2D eigenvalue weighted by molar-refractivity contribution is 5.86. The van der Waals surface area contributed by atoms with Gasteiger partial charge in [0.2, 0.25) is 0 Å². The van der Waals surface area contributed by atoms with Crippen molar-refractivity contribution in [2.24, 2.45) is 0 Å². The van der Waals surface area contributed by atoms with Crippen LogP contribution in [-0.4, -0.2) is 67.9 Å². The molecule has 0 saturated carbocycles. The minimum absolute atomic E-state index is 0.0119. The summed E-state index contributed by atoms with van der Waals surface area (Å²) in [5, 5.41) is 0. The molecule has 0 radical (unpaired) electrons. The summed E-state index contributed by atoms with van der Waals surface area (Å²) in [6.45, 7) is 3.04. The summed E-state index contributed by atoms with van der Waals surface area (Å²) in [5.41, 5.74) is 0.0119. The summed E-state index contributed by atoms with van der Waals surface area (Å²) in [6.07, 6.45) is -11.5. The largest absolute Gasteiger partial charge is 0.460 e. The van der Waals surface area contributed by atoms with Crippen molar-refractivity contribution in [3.63, 3.8) is 0 Å². The molecule has 0 N–H and O–H groups in total. The molecule has 0 spiro atoms. The van der Waals surface area contributed by atoms with Crippen molar-refractivity contribution in [1.82, 2.24) is 0 Å². The van der Waals surface area contributed by atoms with Crippen LogP contribution in [0.15, 0.2) is 12.2 Å². The Balaban J connectivity index is 5.15. The molecule has 1 atom stereocenters. The molecule has 17 heteroatoms. The van der Waals surface area contributed by atoms with Gasteiger partial charge >= 0.3 is 41.8 Å². The number of hydrogen-bond donors (Lipinski definition) is 0. The van der Waals surface area contributed by atoms with Crippen LogP contribution in [-0.2, 0) is 19.0 Å². The second-order valence-electron chi connectivity index (χ2n) is 6.48. The van der Waals surface area contributed by atoms with Crippen LogP contribution < -0.4 is 0 Å². The van der Waals surface area contributed by atoms with Gasteiger partial charge < -0.3 is 14.2 Å². The first-order valence-electron chi connectivity index (χ1n) is 8.49. The predicted molar refractivity (Wildman–Crippen MR) is 82.5 cm³/mol. The van der Waals surface area contributed by atoms with E-state index in [1.807, 2.05) is 0 Å². The highest BCUT2D eigenvalue weighted by Crippen LogP contribution is 2.60. The highest BCUT2D eigenvalue weighted by Gasteiger charge is 2.90. The maximum Gasteiger partial charge on any atom is 0.460 e.